The van der Waals surface area contributed by atoms with Crippen LogP contribution in [0.3, 0.4) is 0 Å². The first-order chi connectivity index (χ1) is 10.2. The van der Waals surface area contributed by atoms with Crippen LogP contribution in [0.1, 0.15) is 26.5 Å². The van der Waals surface area contributed by atoms with E-state index < -0.39 is 11.2 Å². The normalized spacial score (nSPS) is 11.5. The van der Waals surface area contributed by atoms with E-state index in [-0.39, 0.29) is 17.9 Å². The Morgan fingerprint density at radius 2 is 2.05 bits per heavy atom. The van der Waals surface area contributed by atoms with Gasteiger partial charge < -0.3 is 5.32 Å². The summed E-state index contributed by atoms with van der Waals surface area (Å²) in [6.45, 7) is 5.95. The van der Waals surface area contributed by atoms with E-state index >= 15 is 0 Å². The number of carbonyl (C=O) groups is 1. The van der Waals surface area contributed by atoms with Gasteiger partial charge in [0.1, 0.15) is 6.54 Å². The molecule has 0 spiro atoms. The van der Waals surface area contributed by atoms with Crippen molar-refractivity contribution in [1.29, 1.82) is 0 Å². The number of nitrogens with zero attached hydrogens (tertiary/aromatic N) is 3. The number of carbonyl (C=O) groups excluding carboxylic acids is 1. The Bertz CT molecular complexity index is 810. The standard InChI is InChI=1S/C14H18N4O3S/c1-14(2,3)9-8-22-12(15-9)16-10(19)7-18-6-5-11(20)17(4)13(18)21/h5-6,8H,7H2,1-4H3,(H,15,16,19). The van der Waals surface area contributed by atoms with E-state index in [1.165, 1.54) is 35.2 Å². The first kappa shape index (κ1) is 16.2. The number of amides is 1. The molecule has 0 radical (unpaired) electrons. The Kier molecular flexibility index (Phi) is 4.32. The van der Waals surface area contributed by atoms with Crippen LogP contribution in [0, 0.1) is 0 Å². The maximum absolute atomic E-state index is 12.0. The lowest BCUT2D eigenvalue weighted by atomic mass is 9.93. The molecule has 22 heavy (non-hydrogen) atoms. The maximum Gasteiger partial charge on any atom is 0.331 e. The first-order valence-corrected chi connectivity index (χ1v) is 7.59. The SMILES string of the molecule is Cn1c(=O)ccn(CC(=O)Nc2nc(C(C)(C)C)cs2)c1=O. The second kappa shape index (κ2) is 5.88. The summed E-state index contributed by atoms with van der Waals surface area (Å²) in [6, 6.07) is 1.25. The predicted molar refractivity (Wildman–Crippen MR) is 85.4 cm³/mol. The zero-order valence-electron chi connectivity index (χ0n) is 12.9. The molecule has 0 atom stereocenters. The molecule has 7 nitrogen and oxygen atoms in total. The second-order valence-corrected chi connectivity index (χ2v) is 6.82. The molecule has 0 saturated carbocycles. The van der Waals surface area contributed by atoms with Gasteiger partial charge in [-0.2, -0.15) is 0 Å². The van der Waals surface area contributed by atoms with Crippen molar-refractivity contribution < 1.29 is 4.79 Å². The summed E-state index contributed by atoms with van der Waals surface area (Å²) < 4.78 is 2.13. The average molecular weight is 322 g/mol. The van der Waals surface area contributed by atoms with Crippen molar-refractivity contribution >= 4 is 22.4 Å². The van der Waals surface area contributed by atoms with E-state index in [0.717, 1.165) is 10.3 Å². The topological polar surface area (TPSA) is 86.0 Å². The minimum atomic E-state index is -0.530. The molecule has 2 aromatic rings. The van der Waals surface area contributed by atoms with Gasteiger partial charge in [-0.25, -0.2) is 9.78 Å². The lowest BCUT2D eigenvalue weighted by molar-refractivity contribution is -0.116. The Morgan fingerprint density at radius 1 is 1.36 bits per heavy atom. The van der Waals surface area contributed by atoms with Crippen molar-refractivity contribution in [3.8, 4) is 0 Å². The lowest BCUT2D eigenvalue weighted by Gasteiger charge is -2.14. The second-order valence-electron chi connectivity index (χ2n) is 5.96. The molecule has 0 aliphatic heterocycles. The van der Waals surface area contributed by atoms with E-state index in [2.05, 4.69) is 10.3 Å². The lowest BCUT2D eigenvalue weighted by Crippen LogP contribution is -2.38. The van der Waals surface area contributed by atoms with Gasteiger partial charge in [0.15, 0.2) is 5.13 Å². The summed E-state index contributed by atoms with van der Waals surface area (Å²) in [5.74, 6) is -0.365. The maximum atomic E-state index is 12.0. The third-order valence-electron chi connectivity index (χ3n) is 3.09. The molecular formula is C14H18N4O3S. The Labute approximate surface area is 131 Å². The summed E-state index contributed by atoms with van der Waals surface area (Å²) in [6.07, 6.45) is 1.31. The zero-order chi connectivity index (χ0) is 16.5. The monoisotopic (exact) mass is 322 g/mol. The van der Waals surface area contributed by atoms with E-state index in [0.29, 0.717) is 5.13 Å². The number of rotatable bonds is 3. The van der Waals surface area contributed by atoms with Gasteiger partial charge in [-0.05, 0) is 0 Å². The summed E-state index contributed by atoms with van der Waals surface area (Å²) in [5, 5.41) is 5.06. The van der Waals surface area contributed by atoms with Crippen LogP contribution in [0.5, 0.6) is 0 Å². The molecule has 2 rings (SSSR count). The van der Waals surface area contributed by atoms with Gasteiger partial charge in [-0.15, -0.1) is 11.3 Å². The number of thiazole rings is 1. The van der Waals surface area contributed by atoms with Crippen LogP contribution in [0.15, 0.2) is 27.2 Å². The highest BCUT2D eigenvalue weighted by atomic mass is 32.1. The molecule has 0 aliphatic carbocycles. The summed E-state index contributed by atoms with van der Waals surface area (Å²) in [5.41, 5.74) is -0.130. The number of hydrogen-bond donors (Lipinski definition) is 1. The average Bonchev–Trinajstić information content (AvgIpc) is 2.88. The first-order valence-electron chi connectivity index (χ1n) is 6.71. The van der Waals surface area contributed by atoms with E-state index in [1.807, 2.05) is 26.2 Å². The fourth-order valence-electron chi connectivity index (χ4n) is 1.73. The number of anilines is 1. The van der Waals surface area contributed by atoms with Crippen LogP contribution < -0.4 is 16.6 Å². The quantitative estimate of drug-likeness (QED) is 0.911. The molecule has 0 aliphatic rings. The smallest absolute Gasteiger partial charge is 0.300 e. The molecule has 118 valence electrons. The van der Waals surface area contributed by atoms with Crippen LogP contribution in [0.2, 0.25) is 0 Å². The van der Waals surface area contributed by atoms with Crippen LogP contribution in [-0.4, -0.2) is 20.0 Å². The molecule has 0 saturated heterocycles. The van der Waals surface area contributed by atoms with Gasteiger partial charge in [0.05, 0.1) is 5.69 Å². The predicted octanol–water partition coefficient (Wildman–Crippen LogP) is 0.940. The van der Waals surface area contributed by atoms with Gasteiger partial charge in [-0.1, -0.05) is 20.8 Å². The highest BCUT2D eigenvalue weighted by Gasteiger charge is 2.18. The zero-order valence-corrected chi connectivity index (χ0v) is 13.7. The van der Waals surface area contributed by atoms with Gasteiger partial charge in [0, 0.05) is 30.1 Å². The molecule has 1 N–H and O–H groups in total. The minimum Gasteiger partial charge on any atom is -0.300 e. The Morgan fingerprint density at radius 3 is 2.64 bits per heavy atom. The fourth-order valence-corrected chi connectivity index (χ4v) is 2.68. The van der Waals surface area contributed by atoms with Crippen molar-refractivity contribution in [2.75, 3.05) is 5.32 Å². The molecule has 0 bridgehead atoms. The van der Waals surface area contributed by atoms with Crippen molar-refractivity contribution in [3.05, 3.63) is 44.2 Å². The number of aromatic nitrogens is 3. The third kappa shape index (κ3) is 3.51. The van der Waals surface area contributed by atoms with Gasteiger partial charge >= 0.3 is 5.69 Å². The van der Waals surface area contributed by atoms with Crippen LogP contribution in [0.4, 0.5) is 5.13 Å². The Balaban J connectivity index is 2.11. The fraction of sp³-hybridized carbons (Fsp3) is 0.429. The number of nitrogens with one attached hydrogen (secondary N) is 1. The Hall–Kier alpha value is -2.22. The van der Waals surface area contributed by atoms with Crippen molar-refractivity contribution in [2.45, 2.75) is 32.7 Å². The van der Waals surface area contributed by atoms with Crippen molar-refractivity contribution in [3.63, 3.8) is 0 Å². The highest BCUT2D eigenvalue weighted by molar-refractivity contribution is 7.13. The van der Waals surface area contributed by atoms with Crippen LogP contribution in [0.25, 0.3) is 0 Å². The van der Waals surface area contributed by atoms with E-state index in [1.54, 1.807) is 0 Å². The van der Waals surface area contributed by atoms with Gasteiger partial charge in [-0.3, -0.25) is 18.7 Å². The molecule has 0 fully saturated rings. The molecule has 8 heteroatoms. The molecule has 0 aromatic carbocycles. The molecule has 2 aromatic heterocycles. The minimum absolute atomic E-state index is 0.0892. The van der Waals surface area contributed by atoms with Crippen LogP contribution >= 0.6 is 11.3 Å². The largest absolute Gasteiger partial charge is 0.331 e. The van der Waals surface area contributed by atoms with E-state index in [4.69, 9.17) is 0 Å². The summed E-state index contributed by atoms with van der Waals surface area (Å²) in [4.78, 5) is 39.5. The van der Waals surface area contributed by atoms with Gasteiger partial charge in [0.25, 0.3) is 5.56 Å². The molecule has 0 unspecified atom stereocenters. The highest BCUT2D eigenvalue weighted by Crippen LogP contribution is 2.26. The van der Waals surface area contributed by atoms with Crippen molar-refractivity contribution in [1.82, 2.24) is 14.1 Å². The van der Waals surface area contributed by atoms with Gasteiger partial charge in [0.2, 0.25) is 5.91 Å². The molecule has 1 amide bonds. The molecular weight excluding hydrogens is 304 g/mol. The van der Waals surface area contributed by atoms with Crippen molar-refractivity contribution in [2.24, 2.45) is 7.05 Å². The third-order valence-corrected chi connectivity index (χ3v) is 3.85. The number of hydrogen-bond acceptors (Lipinski definition) is 5. The van der Waals surface area contributed by atoms with Crippen LogP contribution in [-0.2, 0) is 23.8 Å². The van der Waals surface area contributed by atoms with E-state index in [9.17, 15) is 14.4 Å². The summed E-state index contributed by atoms with van der Waals surface area (Å²) >= 11 is 1.34. The summed E-state index contributed by atoms with van der Waals surface area (Å²) in [7, 11) is 1.37. The molecule has 2 heterocycles.